The Morgan fingerprint density at radius 3 is 2.76 bits per heavy atom. The molecule has 1 aromatic rings. The summed E-state index contributed by atoms with van der Waals surface area (Å²) < 4.78 is 13.2. The maximum absolute atomic E-state index is 13.2. The molecule has 0 bridgehead atoms. The molecule has 1 rings (SSSR count). The van der Waals surface area contributed by atoms with Crippen LogP contribution in [0.25, 0.3) is 6.08 Å². The van der Waals surface area contributed by atoms with E-state index in [4.69, 9.17) is 5.11 Å². The van der Waals surface area contributed by atoms with Crippen LogP contribution in [0.15, 0.2) is 30.3 Å². The molecule has 0 saturated carbocycles. The Morgan fingerprint density at radius 1 is 1.53 bits per heavy atom. The molecule has 1 unspecified atom stereocenters. The van der Waals surface area contributed by atoms with E-state index in [0.717, 1.165) is 0 Å². The van der Waals surface area contributed by atoms with Crippen LogP contribution in [0.1, 0.15) is 12.5 Å². The van der Waals surface area contributed by atoms with Gasteiger partial charge in [0, 0.05) is 18.7 Å². The number of aliphatic hydroxyl groups is 1. The first-order valence-electron chi connectivity index (χ1n) is 5.36. The van der Waals surface area contributed by atoms with Crippen molar-refractivity contribution in [3.8, 4) is 0 Å². The molecule has 4 heteroatoms. The number of hydrogen-bond donors (Lipinski definition) is 1. The van der Waals surface area contributed by atoms with Crippen LogP contribution in [0.2, 0.25) is 0 Å². The minimum absolute atomic E-state index is 0.101. The van der Waals surface area contributed by atoms with Crippen LogP contribution in [-0.2, 0) is 4.79 Å². The van der Waals surface area contributed by atoms with E-state index >= 15 is 0 Å². The largest absolute Gasteiger partial charge is 0.394 e. The van der Waals surface area contributed by atoms with Crippen LogP contribution in [0.5, 0.6) is 0 Å². The molecule has 0 radical (unpaired) electrons. The Bertz CT molecular complexity index is 418. The number of nitrogens with zero attached hydrogens (tertiary/aromatic N) is 1. The SMILES string of the molecule is CC(CO)N(C)C(=O)/C=C/c1ccccc1F. The normalized spacial score (nSPS) is 12.7. The van der Waals surface area contributed by atoms with Crippen LogP contribution in [0, 0.1) is 5.82 Å². The molecule has 1 aromatic carbocycles. The molecular weight excluding hydrogens is 221 g/mol. The first-order valence-corrected chi connectivity index (χ1v) is 5.36. The summed E-state index contributed by atoms with van der Waals surface area (Å²) in [5.41, 5.74) is 0.367. The van der Waals surface area contributed by atoms with Gasteiger partial charge in [-0.25, -0.2) is 4.39 Å². The van der Waals surface area contributed by atoms with Gasteiger partial charge in [-0.1, -0.05) is 18.2 Å². The standard InChI is InChI=1S/C13H16FNO2/c1-10(9-16)15(2)13(17)8-7-11-5-3-4-6-12(11)14/h3-8,10,16H,9H2,1-2H3/b8-7+. The molecule has 0 heterocycles. The van der Waals surface area contributed by atoms with Crippen LogP contribution in [0.3, 0.4) is 0 Å². The number of likely N-dealkylation sites (N-methyl/N-ethyl adjacent to an activating group) is 1. The van der Waals surface area contributed by atoms with Gasteiger partial charge in [0.15, 0.2) is 0 Å². The van der Waals surface area contributed by atoms with Crippen LogP contribution < -0.4 is 0 Å². The van der Waals surface area contributed by atoms with Gasteiger partial charge >= 0.3 is 0 Å². The van der Waals surface area contributed by atoms with Gasteiger partial charge in [-0.3, -0.25) is 4.79 Å². The van der Waals surface area contributed by atoms with Crippen molar-refractivity contribution >= 4 is 12.0 Å². The molecule has 0 spiro atoms. The molecule has 3 nitrogen and oxygen atoms in total. The molecule has 0 aliphatic heterocycles. The van der Waals surface area contributed by atoms with E-state index in [1.807, 2.05) is 0 Å². The van der Waals surface area contributed by atoms with E-state index in [2.05, 4.69) is 0 Å². The zero-order valence-electron chi connectivity index (χ0n) is 9.93. The molecule has 0 aliphatic carbocycles. The zero-order valence-corrected chi connectivity index (χ0v) is 9.93. The maximum Gasteiger partial charge on any atom is 0.246 e. The molecule has 1 amide bonds. The van der Waals surface area contributed by atoms with Crippen molar-refractivity contribution in [2.45, 2.75) is 13.0 Å². The molecule has 1 atom stereocenters. The van der Waals surface area contributed by atoms with Crippen molar-refractivity contribution < 1.29 is 14.3 Å². The topological polar surface area (TPSA) is 40.5 Å². The van der Waals surface area contributed by atoms with Gasteiger partial charge in [0.2, 0.25) is 5.91 Å². The fraction of sp³-hybridized carbons (Fsp3) is 0.308. The molecule has 1 N–H and O–H groups in total. The van der Waals surface area contributed by atoms with Gasteiger partial charge in [-0.2, -0.15) is 0 Å². The van der Waals surface area contributed by atoms with Gasteiger partial charge in [0.25, 0.3) is 0 Å². The minimum Gasteiger partial charge on any atom is -0.394 e. The van der Waals surface area contributed by atoms with E-state index in [-0.39, 0.29) is 24.4 Å². The zero-order chi connectivity index (χ0) is 12.8. The molecule has 0 fully saturated rings. The minimum atomic E-state index is -0.366. The average molecular weight is 237 g/mol. The van der Waals surface area contributed by atoms with Crippen molar-refractivity contribution in [2.24, 2.45) is 0 Å². The van der Waals surface area contributed by atoms with E-state index in [1.165, 1.54) is 23.1 Å². The Hall–Kier alpha value is -1.68. The third kappa shape index (κ3) is 3.67. The summed E-state index contributed by atoms with van der Waals surface area (Å²) in [6, 6.07) is 5.97. The molecule has 0 aromatic heterocycles. The summed E-state index contributed by atoms with van der Waals surface area (Å²) in [6.07, 6.45) is 2.73. The second-order valence-electron chi connectivity index (χ2n) is 3.84. The van der Waals surface area contributed by atoms with Crippen molar-refractivity contribution in [3.05, 3.63) is 41.7 Å². The third-order valence-corrected chi connectivity index (χ3v) is 2.58. The summed E-state index contributed by atoms with van der Waals surface area (Å²) in [5.74, 6) is -0.635. The van der Waals surface area contributed by atoms with Crippen LogP contribution in [0.4, 0.5) is 4.39 Å². The predicted molar refractivity (Wildman–Crippen MR) is 64.8 cm³/mol. The highest BCUT2D eigenvalue weighted by atomic mass is 19.1. The van der Waals surface area contributed by atoms with Gasteiger partial charge in [0.05, 0.1) is 12.6 Å². The van der Waals surface area contributed by atoms with E-state index < -0.39 is 0 Å². The molecular formula is C13H16FNO2. The van der Waals surface area contributed by atoms with Crippen LogP contribution in [-0.4, -0.2) is 35.6 Å². The lowest BCUT2D eigenvalue weighted by Crippen LogP contribution is -2.36. The Morgan fingerprint density at radius 2 is 2.18 bits per heavy atom. The molecule has 17 heavy (non-hydrogen) atoms. The van der Waals surface area contributed by atoms with Crippen molar-refractivity contribution in [1.29, 1.82) is 0 Å². The lowest BCUT2D eigenvalue weighted by atomic mass is 10.2. The van der Waals surface area contributed by atoms with E-state index in [1.54, 1.807) is 32.2 Å². The Kier molecular flexibility index (Phi) is 4.84. The average Bonchev–Trinajstić information content (AvgIpc) is 2.35. The van der Waals surface area contributed by atoms with Gasteiger partial charge in [-0.05, 0) is 19.1 Å². The van der Waals surface area contributed by atoms with Gasteiger partial charge < -0.3 is 10.0 Å². The highest BCUT2D eigenvalue weighted by Crippen LogP contribution is 2.08. The first-order chi connectivity index (χ1) is 8.06. The summed E-state index contributed by atoms with van der Waals surface area (Å²) >= 11 is 0. The summed E-state index contributed by atoms with van der Waals surface area (Å²) in [7, 11) is 1.59. The number of rotatable bonds is 4. The van der Waals surface area contributed by atoms with Crippen molar-refractivity contribution in [1.82, 2.24) is 4.90 Å². The molecule has 0 aliphatic rings. The fourth-order valence-corrected chi connectivity index (χ4v) is 1.23. The van der Waals surface area contributed by atoms with Crippen molar-refractivity contribution in [2.75, 3.05) is 13.7 Å². The highest BCUT2D eigenvalue weighted by molar-refractivity contribution is 5.91. The first kappa shape index (κ1) is 13.4. The monoisotopic (exact) mass is 237 g/mol. The number of hydrogen-bond acceptors (Lipinski definition) is 2. The number of aliphatic hydroxyl groups excluding tert-OH is 1. The lowest BCUT2D eigenvalue weighted by Gasteiger charge is -2.21. The quantitative estimate of drug-likeness (QED) is 0.809. The summed E-state index contributed by atoms with van der Waals surface area (Å²) in [6.45, 7) is 1.63. The second-order valence-corrected chi connectivity index (χ2v) is 3.84. The Labute approximate surface area is 100 Å². The molecule has 0 saturated heterocycles. The number of carbonyl (C=O) groups excluding carboxylic acids is 1. The van der Waals surface area contributed by atoms with E-state index in [9.17, 15) is 9.18 Å². The number of carbonyl (C=O) groups is 1. The van der Waals surface area contributed by atoms with Gasteiger partial charge in [-0.15, -0.1) is 0 Å². The van der Waals surface area contributed by atoms with Crippen LogP contribution >= 0.6 is 0 Å². The van der Waals surface area contributed by atoms with E-state index in [0.29, 0.717) is 5.56 Å². The van der Waals surface area contributed by atoms with Crippen molar-refractivity contribution in [3.63, 3.8) is 0 Å². The molecule has 92 valence electrons. The number of benzene rings is 1. The predicted octanol–water partition coefficient (Wildman–Crippen LogP) is 1.68. The second kappa shape index (κ2) is 6.15. The fourth-order valence-electron chi connectivity index (χ4n) is 1.23. The maximum atomic E-state index is 13.2. The smallest absolute Gasteiger partial charge is 0.246 e. The Balaban J connectivity index is 2.72. The summed E-state index contributed by atoms with van der Waals surface area (Å²) in [5, 5.41) is 8.91. The number of halogens is 1. The highest BCUT2D eigenvalue weighted by Gasteiger charge is 2.11. The summed E-state index contributed by atoms with van der Waals surface area (Å²) in [4.78, 5) is 13.0. The van der Waals surface area contributed by atoms with Gasteiger partial charge in [0.1, 0.15) is 5.82 Å². The lowest BCUT2D eigenvalue weighted by molar-refractivity contribution is -0.127. The number of amides is 1. The third-order valence-electron chi connectivity index (χ3n) is 2.58.